The van der Waals surface area contributed by atoms with Gasteiger partial charge in [0.15, 0.2) is 0 Å². The highest BCUT2D eigenvalue weighted by Crippen LogP contribution is 2.35. The van der Waals surface area contributed by atoms with Crippen LogP contribution in [0.5, 0.6) is 0 Å². The minimum absolute atomic E-state index is 0.250. The Bertz CT molecular complexity index is 2030. The van der Waals surface area contributed by atoms with Gasteiger partial charge in [-0.1, -0.05) is 35.4 Å². The summed E-state index contributed by atoms with van der Waals surface area (Å²) >= 11 is 0. The molecule has 6 rings (SSSR count). The van der Waals surface area contributed by atoms with E-state index in [0.29, 0.717) is 24.2 Å². The van der Waals surface area contributed by atoms with Gasteiger partial charge in [0.2, 0.25) is 0 Å². The van der Waals surface area contributed by atoms with E-state index < -0.39 is 23.3 Å². The zero-order valence-electron chi connectivity index (χ0n) is 29.3. The van der Waals surface area contributed by atoms with Gasteiger partial charge in [-0.05, 0) is 160 Å². The Balaban J connectivity index is 1.32. The molecule has 0 radical (unpaired) electrons. The summed E-state index contributed by atoms with van der Waals surface area (Å²) in [4.78, 5) is 9.68. The maximum Gasteiger partial charge on any atom is 0.135 e. The number of halogens is 4. The first-order valence-corrected chi connectivity index (χ1v) is 17.0. The van der Waals surface area contributed by atoms with Crippen LogP contribution in [0.3, 0.4) is 0 Å². The van der Waals surface area contributed by atoms with Crippen LogP contribution >= 0.6 is 0 Å². The number of hydrogen-bond donors (Lipinski definition) is 0. The molecule has 0 bridgehead atoms. The molecule has 2 aromatic heterocycles. The van der Waals surface area contributed by atoms with Gasteiger partial charge in [0, 0.05) is 34.6 Å². The highest BCUT2D eigenvalue weighted by atomic mass is 19.1. The average molecular weight is 673 g/mol. The van der Waals surface area contributed by atoms with E-state index in [0.717, 1.165) is 80.9 Å². The average Bonchev–Trinajstić information content (AvgIpc) is 3.02. The summed E-state index contributed by atoms with van der Waals surface area (Å²) in [6.45, 7) is 12.4. The predicted octanol–water partition coefficient (Wildman–Crippen LogP) is 12.1. The molecule has 6 heteroatoms. The van der Waals surface area contributed by atoms with Crippen molar-refractivity contribution < 1.29 is 17.6 Å². The van der Waals surface area contributed by atoms with E-state index >= 15 is 8.78 Å². The highest BCUT2D eigenvalue weighted by molar-refractivity contribution is 5.77. The van der Waals surface area contributed by atoms with Gasteiger partial charge in [-0.2, -0.15) is 0 Å². The van der Waals surface area contributed by atoms with E-state index in [-0.39, 0.29) is 11.1 Å². The minimum Gasteiger partial charge on any atom is -0.253 e. The molecule has 2 nitrogen and oxygen atoms in total. The van der Waals surface area contributed by atoms with Crippen LogP contribution in [0.1, 0.15) is 57.6 Å². The van der Waals surface area contributed by atoms with Crippen LogP contribution in [0.25, 0.3) is 44.8 Å². The van der Waals surface area contributed by atoms with Crippen molar-refractivity contribution in [1.82, 2.24) is 9.97 Å². The number of nitrogens with zero attached hydrogens (tertiary/aromatic N) is 2. The lowest BCUT2D eigenvalue weighted by atomic mass is 9.92. The second-order valence-corrected chi connectivity index (χ2v) is 13.5. The van der Waals surface area contributed by atoms with Crippen LogP contribution in [0.2, 0.25) is 0 Å². The van der Waals surface area contributed by atoms with Gasteiger partial charge in [0.25, 0.3) is 0 Å². The van der Waals surface area contributed by atoms with Crippen LogP contribution < -0.4 is 0 Å². The topological polar surface area (TPSA) is 25.8 Å². The smallest absolute Gasteiger partial charge is 0.135 e. The molecule has 254 valence electrons. The Hall–Kier alpha value is -5.10. The van der Waals surface area contributed by atoms with Gasteiger partial charge in [-0.3, -0.25) is 9.97 Å². The molecule has 0 atom stereocenters. The van der Waals surface area contributed by atoms with Crippen molar-refractivity contribution in [3.63, 3.8) is 0 Å². The van der Waals surface area contributed by atoms with E-state index in [9.17, 15) is 8.78 Å². The monoisotopic (exact) mass is 672 g/mol. The fourth-order valence-electron chi connectivity index (χ4n) is 7.27. The van der Waals surface area contributed by atoms with Crippen molar-refractivity contribution in [1.29, 1.82) is 0 Å². The molecule has 0 aliphatic rings. The van der Waals surface area contributed by atoms with Gasteiger partial charge in [-0.15, -0.1) is 0 Å². The van der Waals surface area contributed by atoms with Gasteiger partial charge in [0.05, 0.1) is 11.4 Å². The summed E-state index contributed by atoms with van der Waals surface area (Å²) in [5, 5.41) is 0. The molecule has 0 aliphatic heterocycles. The standard InChI is InChI=1S/C44H40F4N2/c1-25-15-27(3)43(28(4)16-25)31-19-35(49-41(21-31)37-13-11-33(45)23-39(37)47)9-7-8-10-36-20-32(44-29(5)17-26(2)18-30(44)6)22-42(50-36)38-14-12-34(46)24-40(38)48/h11-24H,7-10H2,1-6H3. The molecule has 2 heterocycles. The third kappa shape index (κ3) is 7.55. The minimum atomic E-state index is -0.656. The summed E-state index contributed by atoms with van der Waals surface area (Å²) in [6.07, 6.45) is 2.79. The van der Waals surface area contributed by atoms with Gasteiger partial charge in [0.1, 0.15) is 23.3 Å². The molecule has 0 spiro atoms. The summed E-state index contributed by atoms with van der Waals surface area (Å²) in [7, 11) is 0. The molecule has 0 fully saturated rings. The summed E-state index contributed by atoms with van der Waals surface area (Å²) in [6, 6.07) is 23.6. The van der Waals surface area contributed by atoms with Crippen LogP contribution in [-0.4, -0.2) is 9.97 Å². The zero-order valence-corrected chi connectivity index (χ0v) is 29.3. The lowest BCUT2D eigenvalue weighted by molar-refractivity contribution is 0.584. The van der Waals surface area contributed by atoms with E-state index in [1.807, 2.05) is 12.1 Å². The number of pyridine rings is 2. The van der Waals surface area contributed by atoms with Gasteiger partial charge >= 0.3 is 0 Å². The van der Waals surface area contributed by atoms with Crippen molar-refractivity contribution in [2.45, 2.75) is 67.2 Å². The van der Waals surface area contributed by atoms with Crippen LogP contribution in [0, 0.1) is 64.8 Å². The molecular formula is C44H40F4N2. The van der Waals surface area contributed by atoms with Crippen LogP contribution in [-0.2, 0) is 12.8 Å². The van der Waals surface area contributed by atoms with E-state index in [2.05, 4.69) is 77.9 Å². The first kappa shape index (κ1) is 34.8. The van der Waals surface area contributed by atoms with Gasteiger partial charge < -0.3 is 0 Å². The first-order chi connectivity index (χ1) is 23.9. The number of benzene rings is 4. The summed E-state index contributed by atoms with van der Waals surface area (Å²) < 4.78 is 57.6. The van der Waals surface area contributed by atoms with Crippen LogP contribution in [0.4, 0.5) is 17.6 Å². The van der Waals surface area contributed by atoms with E-state index in [4.69, 9.17) is 9.97 Å². The Labute approximate surface area is 291 Å². The van der Waals surface area contributed by atoms with Crippen molar-refractivity contribution in [2.24, 2.45) is 0 Å². The maximum atomic E-state index is 15.0. The molecular weight excluding hydrogens is 632 g/mol. The van der Waals surface area contributed by atoms with Crippen molar-refractivity contribution in [3.05, 3.63) is 153 Å². The molecule has 0 amide bonds. The Morgan fingerprint density at radius 3 is 1.14 bits per heavy atom. The molecule has 0 aliphatic carbocycles. The third-order valence-electron chi connectivity index (χ3n) is 9.22. The Morgan fingerprint density at radius 1 is 0.440 bits per heavy atom. The number of hydrogen-bond acceptors (Lipinski definition) is 2. The highest BCUT2D eigenvalue weighted by Gasteiger charge is 2.17. The van der Waals surface area contributed by atoms with Crippen molar-refractivity contribution in [2.75, 3.05) is 0 Å². The Morgan fingerprint density at radius 2 is 0.800 bits per heavy atom. The van der Waals surface area contributed by atoms with E-state index in [1.165, 1.54) is 35.4 Å². The van der Waals surface area contributed by atoms with Crippen molar-refractivity contribution in [3.8, 4) is 44.8 Å². The molecule has 50 heavy (non-hydrogen) atoms. The zero-order chi connectivity index (χ0) is 35.7. The molecule has 6 aromatic rings. The summed E-state index contributed by atoms with van der Waals surface area (Å²) in [5.41, 5.74) is 13.8. The second kappa shape index (κ2) is 14.4. The fourth-order valence-corrected chi connectivity index (χ4v) is 7.27. The first-order valence-electron chi connectivity index (χ1n) is 17.0. The van der Waals surface area contributed by atoms with Crippen molar-refractivity contribution >= 4 is 0 Å². The van der Waals surface area contributed by atoms with Gasteiger partial charge in [-0.25, -0.2) is 17.6 Å². The van der Waals surface area contributed by atoms with E-state index in [1.54, 1.807) is 0 Å². The lowest BCUT2D eigenvalue weighted by Crippen LogP contribution is -2.01. The molecule has 0 unspecified atom stereocenters. The lowest BCUT2D eigenvalue weighted by Gasteiger charge is -2.16. The normalized spacial score (nSPS) is 11.3. The third-order valence-corrected chi connectivity index (χ3v) is 9.22. The largest absolute Gasteiger partial charge is 0.253 e. The molecule has 0 saturated heterocycles. The predicted molar refractivity (Wildman–Crippen MR) is 195 cm³/mol. The molecule has 4 aromatic carbocycles. The summed E-state index contributed by atoms with van der Waals surface area (Å²) in [5.74, 6) is -2.58. The maximum absolute atomic E-state index is 15.0. The SMILES string of the molecule is Cc1cc(C)c(-c2cc(CCCCc3cc(-c4c(C)cc(C)cc4C)cc(-c4ccc(F)cc4F)n3)nc(-c3ccc(F)cc3F)c2)c(C)c1. The number of rotatable bonds is 9. The second-order valence-electron chi connectivity index (χ2n) is 13.5. The number of unbranched alkanes of at least 4 members (excludes halogenated alkanes) is 1. The molecule has 0 saturated carbocycles. The number of aryl methyl sites for hydroxylation is 8. The number of aromatic nitrogens is 2. The fraction of sp³-hybridized carbons (Fsp3) is 0.227. The van der Waals surface area contributed by atoms with Crippen LogP contribution in [0.15, 0.2) is 84.9 Å². The molecule has 0 N–H and O–H groups in total. The quantitative estimate of drug-likeness (QED) is 0.113. The Kier molecular flexibility index (Phi) is 10.0.